The molecule has 0 radical (unpaired) electrons. The largest absolute Gasteiger partial charge is 0.495 e. The Morgan fingerprint density at radius 3 is 2.28 bits per heavy atom. The van der Waals surface area contributed by atoms with Gasteiger partial charge in [0.1, 0.15) is 5.75 Å². The minimum Gasteiger partial charge on any atom is -0.495 e. The lowest BCUT2D eigenvalue weighted by Gasteiger charge is -2.12. The first-order chi connectivity index (χ1) is 15.3. The van der Waals surface area contributed by atoms with Crippen LogP contribution in [0.25, 0.3) is 0 Å². The van der Waals surface area contributed by atoms with E-state index in [9.17, 15) is 19.7 Å². The van der Waals surface area contributed by atoms with Crippen LogP contribution in [0.2, 0.25) is 5.02 Å². The minimum absolute atomic E-state index is 0.00875. The average Bonchev–Trinajstić information content (AvgIpc) is 2.79. The summed E-state index contributed by atoms with van der Waals surface area (Å²) in [5, 5.41) is 13.7. The molecule has 0 saturated carbocycles. The smallest absolute Gasteiger partial charge is 0.337 e. The number of nitrogens with zero attached hydrogens (tertiary/aromatic N) is 1. The van der Waals surface area contributed by atoms with Crippen molar-refractivity contribution in [2.45, 2.75) is 9.79 Å². The molecular weight excluding hydrogens is 456 g/mol. The third-order valence-electron chi connectivity index (χ3n) is 4.34. The number of amides is 1. The molecule has 0 heterocycles. The van der Waals surface area contributed by atoms with Gasteiger partial charge >= 0.3 is 5.97 Å². The monoisotopic (exact) mass is 472 g/mol. The quantitative estimate of drug-likeness (QED) is 0.277. The van der Waals surface area contributed by atoms with Gasteiger partial charge < -0.3 is 14.8 Å². The Morgan fingerprint density at radius 1 is 1.00 bits per heavy atom. The van der Waals surface area contributed by atoms with E-state index < -0.39 is 16.8 Å². The molecule has 8 nitrogen and oxygen atoms in total. The molecule has 0 aliphatic carbocycles. The van der Waals surface area contributed by atoms with Crippen LogP contribution in [0.5, 0.6) is 5.75 Å². The SMILES string of the molecule is COC(=O)c1ccc(NC(=O)c2ccc(Sc3ccc([N+](=O)[O-])cc3)cc2Cl)c(OC)c1. The Kier molecular flexibility index (Phi) is 7.34. The second kappa shape index (κ2) is 10.2. The second-order valence-electron chi connectivity index (χ2n) is 6.36. The normalized spacial score (nSPS) is 10.3. The van der Waals surface area contributed by atoms with E-state index in [1.165, 1.54) is 56.3 Å². The lowest BCUT2D eigenvalue weighted by atomic mass is 10.1. The topological polar surface area (TPSA) is 108 Å². The first-order valence-corrected chi connectivity index (χ1v) is 10.3. The van der Waals surface area contributed by atoms with Crippen molar-refractivity contribution in [3.8, 4) is 5.75 Å². The summed E-state index contributed by atoms with van der Waals surface area (Å²) < 4.78 is 9.94. The molecule has 32 heavy (non-hydrogen) atoms. The molecular formula is C22H17ClN2O6S. The number of nitro groups is 1. The summed E-state index contributed by atoms with van der Waals surface area (Å²) in [5.41, 5.74) is 0.909. The van der Waals surface area contributed by atoms with Gasteiger partial charge in [0.25, 0.3) is 11.6 Å². The highest BCUT2D eigenvalue weighted by atomic mass is 35.5. The first-order valence-electron chi connectivity index (χ1n) is 9.12. The molecule has 164 valence electrons. The van der Waals surface area contributed by atoms with E-state index in [0.29, 0.717) is 11.4 Å². The summed E-state index contributed by atoms with van der Waals surface area (Å²) in [5.74, 6) is -0.681. The van der Waals surface area contributed by atoms with Crippen LogP contribution in [-0.2, 0) is 4.74 Å². The van der Waals surface area contributed by atoms with E-state index in [1.807, 2.05) is 0 Å². The molecule has 3 rings (SSSR count). The number of non-ortho nitro benzene ring substituents is 1. The fourth-order valence-electron chi connectivity index (χ4n) is 2.74. The fraction of sp³-hybridized carbons (Fsp3) is 0.0909. The standard InChI is InChI=1S/C22H17ClN2O6S/c1-30-20-11-13(22(27)31-2)3-10-19(20)24-21(26)17-9-8-16(12-18(17)23)32-15-6-4-14(5-7-15)25(28)29/h3-12H,1-2H3,(H,24,26). The van der Waals surface area contributed by atoms with Crippen LogP contribution in [0.15, 0.2) is 70.5 Å². The zero-order valence-corrected chi connectivity index (χ0v) is 18.5. The number of esters is 1. The number of nitro benzene ring substituents is 1. The maximum atomic E-state index is 12.7. The van der Waals surface area contributed by atoms with Crippen LogP contribution in [-0.4, -0.2) is 31.0 Å². The molecule has 1 amide bonds. The van der Waals surface area contributed by atoms with E-state index in [4.69, 9.17) is 16.3 Å². The first kappa shape index (κ1) is 23.1. The minimum atomic E-state index is -0.523. The zero-order valence-electron chi connectivity index (χ0n) is 17.0. The number of carbonyl (C=O) groups excluding carboxylic acids is 2. The Balaban J connectivity index is 1.75. The van der Waals surface area contributed by atoms with Crippen molar-refractivity contribution in [1.29, 1.82) is 0 Å². The molecule has 0 fully saturated rings. The van der Waals surface area contributed by atoms with Crippen LogP contribution in [0.1, 0.15) is 20.7 Å². The predicted molar refractivity (Wildman–Crippen MR) is 121 cm³/mol. The van der Waals surface area contributed by atoms with Gasteiger partial charge in [0.2, 0.25) is 0 Å². The van der Waals surface area contributed by atoms with E-state index in [2.05, 4.69) is 10.1 Å². The van der Waals surface area contributed by atoms with E-state index in [1.54, 1.807) is 30.3 Å². The van der Waals surface area contributed by atoms with Crippen molar-refractivity contribution in [1.82, 2.24) is 0 Å². The van der Waals surface area contributed by atoms with Gasteiger partial charge in [-0.1, -0.05) is 23.4 Å². The van der Waals surface area contributed by atoms with Gasteiger partial charge in [-0.3, -0.25) is 14.9 Å². The Bertz CT molecular complexity index is 1180. The number of halogens is 1. The number of nitrogens with one attached hydrogen (secondary N) is 1. The van der Waals surface area contributed by atoms with E-state index >= 15 is 0 Å². The molecule has 10 heteroatoms. The molecule has 0 saturated heterocycles. The molecule has 0 unspecified atom stereocenters. The maximum absolute atomic E-state index is 12.7. The van der Waals surface area contributed by atoms with Gasteiger partial charge in [-0.05, 0) is 48.5 Å². The summed E-state index contributed by atoms with van der Waals surface area (Å²) in [4.78, 5) is 36.3. The molecule has 0 atom stereocenters. The van der Waals surface area contributed by atoms with Crippen molar-refractivity contribution in [3.05, 3.63) is 86.9 Å². The maximum Gasteiger partial charge on any atom is 0.337 e. The van der Waals surface area contributed by atoms with Gasteiger partial charge in [0.05, 0.1) is 41.0 Å². The number of benzene rings is 3. The number of rotatable bonds is 7. The van der Waals surface area contributed by atoms with Crippen LogP contribution in [0.4, 0.5) is 11.4 Å². The predicted octanol–water partition coefficient (Wildman–Crippen LogP) is 5.45. The van der Waals surface area contributed by atoms with Gasteiger partial charge in [-0.15, -0.1) is 0 Å². The fourth-order valence-corrected chi connectivity index (χ4v) is 3.93. The van der Waals surface area contributed by atoms with Crippen molar-refractivity contribution in [3.63, 3.8) is 0 Å². The van der Waals surface area contributed by atoms with Crippen LogP contribution in [0, 0.1) is 10.1 Å². The molecule has 0 spiro atoms. The molecule has 3 aromatic rings. The number of hydrogen-bond acceptors (Lipinski definition) is 7. The second-order valence-corrected chi connectivity index (χ2v) is 7.91. The van der Waals surface area contributed by atoms with Crippen molar-refractivity contribution < 1.29 is 24.0 Å². The van der Waals surface area contributed by atoms with Crippen molar-refractivity contribution in [2.24, 2.45) is 0 Å². The Hall–Kier alpha value is -3.56. The van der Waals surface area contributed by atoms with Gasteiger partial charge in [0, 0.05) is 21.9 Å². The summed E-state index contributed by atoms with van der Waals surface area (Å²) >= 11 is 7.68. The van der Waals surface area contributed by atoms with E-state index in [0.717, 1.165) is 9.79 Å². The van der Waals surface area contributed by atoms with Crippen LogP contribution in [0.3, 0.4) is 0 Å². The molecule has 0 aromatic heterocycles. The molecule has 1 N–H and O–H groups in total. The molecule has 0 aliphatic heterocycles. The third-order valence-corrected chi connectivity index (χ3v) is 5.65. The lowest BCUT2D eigenvalue weighted by molar-refractivity contribution is -0.384. The lowest BCUT2D eigenvalue weighted by Crippen LogP contribution is -2.13. The number of hydrogen-bond donors (Lipinski definition) is 1. The number of ether oxygens (including phenoxy) is 2. The average molecular weight is 473 g/mol. The summed E-state index contributed by atoms with van der Waals surface area (Å²) in [6.07, 6.45) is 0. The third kappa shape index (κ3) is 5.37. The molecule has 3 aromatic carbocycles. The van der Waals surface area contributed by atoms with Crippen molar-refractivity contribution in [2.75, 3.05) is 19.5 Å². The van der Waals surface area contributed by atoms with Crippen LogP contribution >= 0.6 is 23.4 Å². The van der Waals surface area contributed by atoms with E-state index in [-0.39, 0.29) is 21.8 Å². The Morgan fingerprint density at radius 2 is 1.69 bits per heavy atom. The molecule has 0 aliphatic rings. The number of methoxy groups -OCH3 is 2. The summed E-state index contributed by atoms with van der Waals surface area (Å²) in [7, 11) is 2.69. The summed E-state index contributed by atoms with van der Waals surface area (Å²) in [6.45, 7) is 0. The zero-order chi connectivity index (χ0) is 23.3. The van der Waals surface area contributed by atoms with Gasteiger partial charge in [-0.2, -0.15) is 0 Å². The van der Waals surface area contributed by atoms with Gasteiger partial charge in [-0.25, -0.2) is 4.79 Å². The highest BCUT2D eigenvalue weighted by molar-refractivity contribution is 7.99. The number of anilines is 1. The number of carbonyl (C=O) groups is 2. The highest BCUT2D eigenvalue weighted by Gasteiger charge is 2.16. The summed E-state index contributed by atoms with van der Waals surface area (Å²) in [6, 6.07) is 15.6. The highest BCUT2D eigenvalue weighted by Crippen LogP contribution is 2.33. The van der Waals surface area contributed by atoms with Crippen LogP contribution < -0.4 is 10.1 Å². The molecule has 0 bridgehead atoms. The van der Waals surface area contributed by atoms with Gasteiger partial charge in [0.15, 0.2) is 0 Å². The van der Waals surface area contributed by atoms with Crippen molar-refractivity contribution >= 4 is 46.6 Å². The Labute approximate surface area is 192 Å².